The van der Waals surface area contributed by atoms with Crippen LogP contribution in [0, 0.1) is 16.7 Å². The number of aliphatic hydroxyl groups is 3. The summed E-state index contributed by atoms with van der Waals surface area (Å²) in [5.41, 5.74) is -7.54. The molecule has 2 saturated carbocycles. The van der Waals surface area contributed by atoms with E-state index in [1.165, 1.54) is 19.1 Å². The predicted octanol–water partition coefficient (Wildman–Crippen LogP) is 5.74. The van der Waals surface area contributed by atoms with E-state index in [-0.39, 0.29) is 16.7 Å². The van der Waals surface area contributed by atoms with E-state index in [4.69, 9.17) is 28.1 Å². The van der Waals surface area contributed by atoms with Crippen LogP contribution in [0.15, 0.2) is 102 Å². The lowest BCUT2D eigenvalue weighted by Gasteiger charge is -2.68. The van der Waals surface area contributed by atoms with Crippen LogP contribution in [0.25, 0.3) is 0 Å². The molecule has 3 aromatic carbocycles. The number of nitrogens with one attached hydrogen (secondary N) is 1. The van der Waals surface area contributed by atoms with Gasteiger partial charge in [-0.15, -0.1) is 0 Å². The molecule has 1 saturated heterocycles. The number of rotatable bonds is 12. The number of amides is 1. The standard InChI is InChI=1S/C53H65NO15Si/c1-29-35(66-48(62)40(69-70(10,11)49(4,5)6)37(32-21-15-12-16-22-32)54-46(60)33-23-17-13-18-24-33)27-53(63)45(67-47(61)34-25-19-14-20-26-34)41-51(9,43(59)39(65-30(2)55)36(29)50(53,7)8)42(58)38(57)44-52(41,28-64-44)68-31(3)56/h12-26,35,37-42,44-45,57-58,63H,27-28H2,1-11H3,(H,54,60)/t35-,37-,38-,39+,40+,41-,42+,44+,45-,51-,52+,53+/m0/s1. The second-order valence-electron chi connectivity index (χ2n) is 21.3. The Balaban J connectivity index is 1.46. The molecule has 0 radical (unpaired) electrons. The van der Waals surface area contributed by atoms with Crippen molar-refractivity contribution in [3.05, 3.63) is 119 Å². The molecule has 7 rings (SSSR count). The lowest BCUT2D eigenvalue weighted by molar-refractivity contribution is -0.369. The summed E-state index contributed by atoms with van der Waals surface area (Å²) < 4.78 is 37.8. The molecule has 1 amide bonds. The summed E-state index contributed by atoms with van der Waals surface area (Å²) in [6.07, 6.45) is -12.8. The number of ether oxygens (including phenoxy) is 5. The van der Waals surface area contributed by atoms with Crippen molar-refractivity contribution >= 4 is 43.9 Å². The summed E-state index contributed by atoms with van der Waals surface area (Å²) >= 11 is 0. The van der Waals surface area contributed by atoms with Gasteiger partial charge in [-0.2, -0.15) is 0 Å². The lowest BCUT2D eigenvalue weighted by Crippen LogP contribution is -2.85. The summed E-state index contributed by atoms with van der Waals surface area (Å²) in [5.74, 6) is -6.96. The van der Waals surface area contributed by atoms with Gasteiger partial charge in [-0.25, -0.2) is 9.59 Å². The average Bonchev–Trinajstić information content (AvgIpc) is 3.29. The number of aliphatic hydroxyl groups excluding tert-OH is 2. The normalized spacial score (nSPS) is 31.2. The maximum Gasteiger partial charge on any atom is 0.338 e. The van der Waals surface area contributed by atoms with Gasteiger partial charge in [0.15, 0.2) is 31.9 Å². The Bertz CT molecular complexity index is 2540. The van der Waals surface area contributed by atoms with Crippen LogP contribution in [0.3, 0.4) is 0 Å². The van der Waals surface area contributed by atoms with Gasteiger partial charge in [0.25, 0.3) is 5.91 Å². The Kier molecular flexibility index (Phi) is 14.1. The molecule has 4 aliphatic rings. The molecule has 0 aromatic heterocycles. The average molecular weight is 984 g/mol. The molecule has 12 atom stereocenters. The number of ketones is 1. The predicted molar refractivity (Wildman–Crippen MR) is 255 cm³/mol. The summed E-state index contributed by atoms with van der Waals surface area (Å²) in [4.78, 5) is 86.3. The topological polar surface area (TPSA) is 231 Å². The number of benzene rings is 3. The third kappa shape index (κ3) is 8.82. The third-order valence-electron chi connectivity index (χ3n) is 15.7. The van der Waals surface area contributed by atoms with E-state index in [2.05, 4.69) is 5.32 Å². The monoisotopic (exact) mass is 983 g/mol. The second-order valence-corrected chi connectivity index (χ2v) is 26.1. The number of fused-ring (bicyclic) bond motifs is 5. The van der Waals surface area contributed by atoms with Crippen molar-refractivity contribution in [2.75, 3.05) is 6.61 Å². The molecule has 4 N–H and O–H groups in total. The summed E-state index contributed by atoms with van der Waals surface area (Å²) in [5, 5.41) is 40.5. The Morgan fingerprint density at radius 2 is 1.37 bits per heavy atom. The van der Waals surface area contributed by atoms with Gasteiger partial charge in [0.05, 0.1) is 35.6 Å². The van der Waals surface area contributed by atoms with Gasteiger partial charge in [0.1, 0.15) is 30.0 Å². The third-order valence-corrected chi connectivity index (χ3v) is 20.2. The minimum Gasteiger partial charge on any atom is -0.456 e. The van der Waals surface area contributed by atoms with Gasteiger partial charge in [-0.3, -0.25) is 19.2 Å². The molecule has 0 unspecified atom stereocenters. The molecule has 70 heavy (non-hydrogen) atoms. The maximum atomic E-state index is 15.8. The Hall–Kier alpha value is -5.56. The van der Waals surface area contributed by atoms with E-state index in [0.717, 1.165) is 13.8 Å². The van der Waals surface area contributed by atoms with Gasteiger partial charge in [0.2, 0.25) is 0 Å². The van der Waals surface area contributed by atoms with Crippen LogP contribution in [-0.4, -0.2) is 120 Å². The first-order valence-corrected chi connectivity index (χ1v) is 26.4. The highest BCUT2D eigenvalue weighted by Crippen LogP contribution is 2.64. The van der Waals surface area contributed by atoms with Crippen molar-refractivity contribution in [2.45, 2.75) is 147 Å². The number of carbonyl (C=O) groups excluding carboxylic acids is 6. The smallest absolute Gasteiger partial charge is 0.338 e. The van der Waals surface area contributed by atoms with E-state index < -0.39 is 139 Å². The number of hydrogen-bond acceptors (Lipinski definition) is 15. The fourth-order valence-electron chi connectivity index (χ4n) is 10.9. The fourth-order valence-corrected chi connectivity index (χ4v) is 12.1. The largest absolute Gasteiger partial charge is 0.456 e. The van der Waals surface area contributed by atoms with Crippen molar-refractivity contribution in [2.24, 2.45) is 16.7 Å². The Labute approximate surface area is 409 Å². The van der Waals surface area contributed by atoms with Crippen LogP contribution in [-0.2, 0) is 47.3 Å². The SMILES string of the molecule is CC(=O)O[C@H]1C(=O)[C@]2(C)[C@H](O)[C@H](O)[C@H]3OC[C@@]3(OC(C)=O)[C@H]2[C@H](OC(=O)c2ccccc2)[C@]2(O)C[C@H](OC(=O)[C@H](O[Si](C)(C)C(C)(C)C)[C@@H](NC(=O)c3ccccc3)c3ccccc3)C(C)=C1C2(C)C. The maximum absolute atomic E-state index is 15.8. The van der Waals surface area contributed by atoms with E-state index in [1.807, 2.05) is 33.9 Å². The number of Topliss-reactive ketones (excluding diaryl/α,β-unsaturated/α-hetero) is 1. The molecule has 376 valence electrons. The van der Waals surface area contributed by atoms with Gasteiger partial charge >= 0.3 is 23.9 Å². The number of carbonyl (C=O) groups is 6. The van der Waals surface area contributed by atoms with Crippen LogP contribution >= 0.6 is 0 Å². The summed E-state index contributed by atoms with van der Waals surface area (Å²) in [6, 6.07) is 23.9. The van der Waals surface area contributed by atoms with Gasteiger partial charge < -0.3 is 48.7 Å². The molecule has 17 heteroatoms. The van der Waals surface area contributed by atoms with Crippen molar-refractivity contribution in [3.63, 3.8) is 0 Å². The molecule has 1 aliphatic heterocycles. The first-order valence-electron chi connectivity index (χ1n) is 23.5. The first kappa shape index (κ1) is 52.3. The molecule has 16 nitrogen and oxygen atoms in total. The van der Waals surface area contributed by atoms with Gasteiger partial charge in [-0.05, 0) is 73.0 Å². The van der Waals surface area contributed by atoms with E-state index >= 15 is 9.59 Å². The number of hydrogen-bond donors (Lipinski definition) is 4. The molecular weight excluding hydrogens is 919 g/mol. The number of esters is 4. The second kappa shape index (κ2) is 18.9. The molecular formula is C53H65NO15Si. The molecule has 2 bridgehead atoms. The van der Waals surface area contributed by atoms with Crippen LogP contribution in [0.1, 0.15) is 101 Å². The highest BCUT2D eigenvalue weighted by molar-refractivity contribution is 6.74. The summed E-state index contributed by atoms with van der Waals surface area (Å²) in [7, 11) is -2.96. The van der Waals surface area contributed by atoms with Crippen molar-refractivity contribution in [1.29, 1.82) is 0 Å². The minimum absolute atomic E-state index is 0.0336. The zero-order valence-electron chi connectivity index (χ0n) is 41.5. The molecule has 0 spiro atoms. The quantitative estimate of drug-likeness (QED) is 0.0735. The van der Waals surface area contributed by atoms with Gasteiger partial charge in [0, 0.05) is 31.2 Å². The molecule has 3 fully saturated rings. The highest BCUT2D eigenvalue weighted by Gasteiger charge is 2.80. The highest BCUT2D eigenvalue weighted by atomic mass is 28.4. The van der Waals surface area contributed by atoms with Crippen LogP contribution in [0.2, 0.25) is 18.1 Å². The zero-order chi connectivity index (χ0) is 51.5. The Morgan fingerprint density at radius 1 is 0.814 bits per heavy atom. The van der Waals surface area contributed by atoms with Crippen LogP contribution < -0.4 is 5.32 Å². The Morgan fingerprint density at radius 3 is 1.89 bits per heavy atom. The molecule has 1 heterocycles. The van der Waals surface area contributed by atoms with E-state index in [9.17, 15) is 34.5 Å². The van der Waals surface area contributed by atoms with E-state index in [0.29, 0.717) is 11.1 Å². The van der Waals surface area contributed by atoms with Crippen molar-refractivity contribution in [1.82, 2.24) is 5.32 Å². The van der Waals surface area contributed by atoms with Crippen LogP contribution in [0.5, 0.6) is 0 Å². The van der Waals surface area contributed by atoms with Gasteiger partial charge in [-0.1, -0.05) is 101 Å². The first-order chi connectivity index (χ1) is 32.6. The van der Waals surface area contributed by atoms with E-state index in [1.54, 1.807) is 99.6 Å². The fraction of sp³-hybridized carbons (Fsp3) is 0.509. The van der Waals surface area contributed by atoms with Crippen molar-refractivity contribution in [3.8, 4) is 0 Å². The van der Waals surface area contributed by atoms with Crippen molar-refractivity contribution < 1.29 is 72.2 Å². The molecule has 3 aliphatic carbocycles. The molecule has 3 aromatic rings. The minimum atomic E-state index is -2.96. The lowest BCUT2D eigenvalue weighted by atomic mass is 9.44. The summed E-state index contributed by atoms with van der Waals surface area (Å²) in [6.45, 7) is 17.5. The zero-order valence-corrected chi connectivity index (χ0v) is 42.5. The van der Waals surface area contributed by atoms with Crippen LogP contribution in [0.4, 0.5) is 0 Å².